The number of rotatable bonds is 4. The van der Waals surface area contributed by atoms with Crippen LogP contribution in [0.15, 0.2) is 59.0 Å². The quantitative estimate of drug-likeness (QED) is 0.473. The van der Waals surface area contributed by atoms with E-state index in [0.29, 0.717) is 11.8 Å². The lowest BCUT2D eigenvalue weighted by Crippen LogP contribution is -2.06. The molecule has 7 heteroatoms. The summed E-state index contributed by atoms with van der Waals surface area (Å²) in [6.07, 6.45) is 0. The number of pyridine rings is 1. The van der Waals surface area contributed by atoms with Gasteiger partial charge in [0.05, 0.1) is 12.8 Å². The molecule has 144 valence electrons. The minimum atomic E-state index is 0.405. The Bertz CT molecular complexity index is 1320. The largest absolute Gasteiger partial charge is 0.494 e. The number of anilines is 2. The first-order valence-electron chi connectivity index (χ1n) is 9.26. The van der Waals surface area contributed by atoms with Gasteiger partial charge in [-0.05, 0) is 43.7 Å². The summed E-state index contributed by atoms with van der Waals surface area (Å²) in [7, 11) is 1.65. The molecule has 1 N–H and O–H groups in total. The molecular formula is C22H19N5O2. The molecule has 0 atom stereocenters. The second kappa shape index (κ2) is 6.63. The van der Waals surface area contributed by atoms with E-state index >= 15 is 0 Å². The number of oxazole rings is 1. The standard InChI is InChI=1S/C22H19N5O2/c1-13-11-19(24-21-15(13)7-6-10-18(21)28-3)27-20(12-14(2)26-27)25-22-23-16-8-4-5-9-17(16)29-22/h4-12H,1-3H3,(H,23,25). The summed E-state index contributed by atoms with van der Waals surface area (Å²) in [5.41, 5.74) is 4.25. The number of fused-ring (bicyclic) bond motifs is 2. The first-order valence-corrected chi connectivity index (χ1v) is 9.26. The lowest BCUT2D eigenvalue weighted by Gasteiger charge is -2.11. The van der Waals surface area contributed by atoms with Gasteiger partial charge in [0.25, 0.3) is 0 Å². The molecule has 29 heavy (non-hydrogen) atoms. The summed E-state index contributed by atoms with van der Waals surface area (Å²) in [6, 6.07) is 17.9. The van der Waals surface area contributed by atoms with Crippen LogP contribution in [0, 0.1) is 13.8 Å². The molecule has 0 aliphatic carbocycles. The second-order valence-corrected chi connectivity index (χ2v) is 6.85. The van der Waals surface area contributed by atoms with Crippen LogP contribution in [0.1, 0.15) is 11.3 Å². The fourth-order valence-corrected chi connectivity index (χ4v) is 3.45. The predicted octanol–water partition coefficient (Wildman–Crippen LogP) is 4.93. The summed E-state index contributed by atoms with van der Waals surface area (Å²) in [4.78, 5) is 9.31. The highest BCUT2D eigenvalue weighted by Gasteiger charge is 2.15. The Morgan fingerprint density at radius 2 is 1.86 bits per heavy atom. The Balaban J connectivity index is 1.62. The van der Waals surface area contributed by atoms with E-state index in [9.17, 15) is 0 Å². The van der Waals surface area contributed by atoms with Crippen molar-refractivity contribution in [1.29, 1.82) is 0 Å². The lowest BCUT2D eigenvalue weighted by atomic mass is 10.1. The van der Waals surface area contributed by atoms with Crippen molar-refractivity contribution in [3.63, 3.8) is 0 Å². The Kier molecular flexibility index (Phi) is 3.94. The zero-order valence-electron chi connectivity index (χ0n) is 16.3. The molecule has 7 nitrogen and oxygen atoms in total. The smallest absolute Gasteiger partial charge is 0.301 e. The van der Waals surface area contributed by atoms with E-state index in [0.717, 1.165) is 44.8 Å². The van der Waals surface area contributed by atoms with E-state index < -0.39 is 0 Å². The SMILES string of the molecule is COc1cccc2c(C)cc(-n3nc(C)cc3Nc3nc4ccccc4o3)nc12. The van der Waals surface area contributed by atoms with Gasteiger partial charge in [0.15, 0.2) is 11.4 Å². The van der Waals surface area contributed by atoms with Crippen LogP contribution in [0.3, 0.4) is 0 Å². The maximum Gasteiger partial charge on any atom is 0.301 e. The molecule has 0 aliphatic rings. The molecule has 3 aromatic heterocycles. The molecule has 5 rings (SSSR count). The molecule has 0 saturated heterocycles. The van der Waals surface area contributed by atoms with Gasteiger partial charge in [0, 0.05) is 11.5 Å². The van der Waals surface area contributed by atoms with Crippen LogP contribution in [0.4, 0.5) is 11.8 Å². The van der Waals surface area contributed by atoms with Gasteiger partial charge >= 0.3 is 6.01 Å². The number of benzene rings is 2. The molecule has 0 bridgehead atoms. The van der Waals surface area contributed by atoms with Crippen molar-refractivity contribution in [3.05, 3.63) is 65.9 Å². The van der Waals surface area contributed by atoms with E-state index in [1.807, 2.05) is 61.5 Å². The van der Waals surface area contributed by atoms with Crippen LogP contribution in [0.2, 0.25) is 0 Å². The monoisotopic (exact) mass is 385 g/mol. The van der Waals surface area contributed by atoms with Crippen LogP contribution in [0.5, 0.6) is 5.75 Å². The van der Waals surface area contributed by atoms with Crippen molar-refractivity contribution in [3.8, 4) is 11.6 Å². The zero-order chi connectivity index (χ0) is 20.0. The molecule has 2 aromatic carbocycles. The lowest BCUT2D eigenvalue weighted by molar-refractivity contribution is 0.419. The highest BCUT2D eigenvalue weighted by atomic mass is 16.5. The summed E-state index contributed by atoms with van der Waals surface area (Å²) >= 11 is 0. The maximum absolute atomic E-state index is 5.80. The van der Waals surface area contributed by atoms with Crippen molar-refractivity contribution >= 4 is 33.8 Å². The van der Waals surface area contributed by atoms with Crippen molar-refractivity contribution in [2.45, 2.75) is 13.8 Å². The highest BCUT2D eigenvalue weighted by Crippen LogP contribution is 2.29. The van der Waals surface area contributed by atoms with Gasteiger partial charge in [-0.25, -0.2) is 4.98 Å². The number of nitrogens with zero attached hydrogens (tertiary/aromatic N) is 4. The van der Waals surface area contributed by atoms with Crippen LogP contribution in [-0.4, -0.2) is 26.9 Å². The molecule has 0 spiro atoms. The van der Waals surface area contributed by atoms with Gasteiger partial charge < -0.3 is 9.15 Å². The minimum absolute atomic E-state index is 0.405. The molecule has 0 saturated carbocycles. The molecule has 3 heterocycles. The summed E-state index contributed by atoms with van der Waals surface area (Å²) < 4.78 is 13.1. The number of hydrogen-bond donors (Lipinski definition) is 1. The molecular weight excluding hydrogens is 366 g/mol. The summed E-state index contributed by atoms with van der Waals surface area (Å²) in [5, 5.41) is 8.89. The van der Waals surface area contributed by atoms with Crippen molar-refractivity contribution in [2.75, 3.05) is 12.4 Å². The number of aromatic nitrogens is 4. The fraction of sp³-hybridized carbons (Fsp3) is 0.136. The number of ether oxygens (including phenoxy) is 1. The van der Waals surface area contributed by atoms with Crippen molar-refractivity contribution in [2.24, 2.45) is 0 Å². The number of methoxy groups -OCH3 is 1. The molecule has 0 unspecified atom stereocenters. The zero-order valence-corrected chi connectivity index (χ0v) is 16.3. The van der Waals surface area contributed by atoms with E-state index in [-0.39, 0.29) is 0 Å². The third-order valence-electron chi connectivity index (χ3n) is 4.79. The molecule has 0 amide bonds. The number of aryl methyl sites for hydroxylation is 2. The van der Waals surface area contributed by atoms with Gasteiger partial charge in [-0.15, -0.1) is 0 Å². The Hall–Kier alpha value is -3.87. The van der Waals surface area contributed by atoms with Crippen LogP contribution >= 0.6 is 0 Å². The normalized spacial score (nSPS) is 11.3. The molecule has 0 radical (unpaired) electrons. The van der Waals surface area contributed by atoms with Gasteiger partial charge in [-0.2, -0.15) is 14.8 Å². The first-order chi connectivity index (χ1) is 14.1. The van der Waals surface area contributed by atoms with Crippen LogP contribution < -0.4 is 10.1 Å². The van der Waals surface area contributed by atoms with E-state index in [4.69, 9.17) is 14.1 Å². The van der Waals surface area contributed by atoms with Gasteiger partial charge in [0.2, 0.25) is 0 Å². The predicted molar refractivity (Wildman–Crippen MR) is 112 cm³/mol. The maximum atomic E-state index is 5.80. The molecule has 0 fully saturated rings. The molecule has 0 aliphatic heterocycles. The van der Waals surface area contributed by atoms with E-state index in [1.165, 1.54) is 0 Å². The topological polar surface area (TPSA) is 78.0 Å². The number of hydrogen-bond acceptors (Lipinski definition) is 6. The second-order valence-electron chi connectivity index (χ2n) is 6.85. The Morgan fingerprint density at radius 3 is 2.69 bits per heavy atom. The summed E-state index contributed by atoms with van der Waals surface area (Å²) in [6.45, 7) is 3.99. The van der Waals surface area contributed by atoms with Crippen LogP contribution in [-0.2, 0) is 0 Å². The highest BCUT2D eigenvalue weighted by molar-refractivity contribution is 5.88. The average Bonchev–Trinajstić information content (AvgIpc) is 3.30. The Labute approximate surface area is 167 Å². The number of nitrogens with one attached hydrogen (secondary N) is 1. The summed E-state index contributed by atoms with van der Waals surface area (Å²) in [5.74, 6) is 2.13. The van der Waals surface area contributed by atoms with Crippen LogP contribution in [0.25, 0.3) is 27.8 Å². The van der Waals surface area contributed by atoms with Gasteiger partial charge in [-0.1, -0.05) is 24.3 Å². The average molecular weight is 385 g/mol. The molecule has 5 aromatic rings. The number of para-hydroxylation sites is 3. The van der Waals surface area contributed by atoms with Gasteiger partial charge in [-0.3, -0.25) is 5.32 Å². The Morgan fingerprint density at radius 1 is 1.00 bits per heavy atom. The van der Waals surface area contributed by atoms with Crippen molar-refractivity contribution in [1.82, 2.24) is 19.7 Å². The van der Waals surface area contributed by atoms with E-state index in [2.05, 4.69) is 22.3 Å². The first kappa shape index (κ1) is 17.2. The minimum Gasteiger partial charge on any atom is -0.494 e. The van der Waals surface area contributed by atoms with Crippen molar-refractivity contribution < 1.29 is 9.15 Å². The van der Waals surface area contributed by atoms with E-state index in [1.54, 1.807) is 11.8 Å². The third-order valence-corrected chi connectivity index (χ3v) is 4.79. The van der Waals surface area contributed by atoms with Gasteiger partial charge in [0.1, 0.15) is 22.6 Å². The third kappa shape index (κ3) is 2.97. The fourth-order valence-electron chi connectivity index (χ4n) is 3.45.